The molecule has 0 atom stereocenters. The largest absolute Gasteiger partial charge is 0.338 e. The normalized spacial score (nSPS) is 9.72. The van der Waals surface area contributed by atoms with Crippen molar-refractivity contribution in [1.82, 2.24) is 10.2 Å². The lowest BCUT2D eigenvalue weighted by molar-refractivity contribution is 0.262. The molecule has 0 saturated heterocycles. The van der Waals surface area contributed by atoms with Crippen LogP contribution in [-0.4, -0.2) is 16.2 Å². The molecule has 2 aromatic carbocycles. The summed E-state index contributed by atoms with van der Waals surface area (Å²) in [6.07, 6.45) is 0. The minimum atomic E-state index is -0.406. The van der Waals surface area contributed by atoms with E-state index in [1.165, 1.54) is 0 Å². The number of para-hydroxylation sites is 2. The molecule has 7 nitrogen and oxygen atoms in total. The van der Waals surface area contributed by atoms with Crippen LogP contribution in [0.5, 0.6) is 0 Å². The molecule has 0 fully saturated rings. The first-order valence-electron chi connectivity index (χ1n) is 7.47. The fourth-order valence-electron chi connectivity index (χ4n) is 2.09. The van der Waals surface area contributed by atoms with Crippen molar-refractivity contribution in [2.24, 2.45) is 0 Å². The Balaban J connectivity index is 1.62. The van der Waals surface area contributed by atoms with Gasteiger partial charge in [-0.3, -0.25) is 5.32 Å². The van der Waals surface area contributed by atoms with Crippen LogP contribution in [-0.2, 0) is 0 Å². The molecule has 0 aliphatic carbocycles. The smallest absolute Gasteiger partial charge is 0.324 e. The van der Waals surface area contributed by atoms with Crippen LogP contribution in [0.1, 0.15) is 5.56 Å². The van der Waals surface area contributed by atoms with Crippen molar-refractivity contribution >= 4 is 29.0 Å². The predicted molar refractivity (Wildman–Crippen MR) is 95.6 cm³/mol. The molecule has 3 aromatic rings. The molecule has 7 heteroatoms. The average Bonchev–Trinajstić information content (AvgIpc) is 2.64. The molecule has 0 radical (unpaired) electrons. The van der Waals surface area contributed by atoms with Crippen molar-refractivity contribution < 1.29 is 4.79 Å². The zero-order valence-electron chi connectivity index (χ0n) is 13.1. The van der Waals surface area contributed by atoms with Crippen LogP contribution in [0.2, 0.25) is 0 Å². The Labute approximate surface area is 144 Å². The van der Waals surface area contributed by atoms with Gasteiger partial charge in [0, 0.05) is 5.69 Å². The minimum absolute atomic E-state index is 0.313. The van der Waals surface area contributed by atoms with Gasteiger partial charge < -0.3 is 10.6 Å². The van der Waals surface area contributed by atoms with Crippen molar-refractivity contribution in [1.29, 1.82) is 5.26 Å². The Hall–Kier alpha value is -3.92. The summed E-state index contributed by atoms with van der Waals surface area (Å²) >= 11 is 0. The van der Waals surface area contributed by atoms with E-state index >= 15 is 0 Å². The quantitative estimate of drug-likeness (QED) is 0.676. The van der Waals surface area contributed by atoms with Crippen LogP contribution in [0.4, 0.5) is 27.8 Å². The van der Waals surface area contributed by atoms with E-state index < -0.39 is 6.03 Å². The number of hydrogen-bond donors (Lipinski definition) is 3. The highest BCUT2D eigenvalue weighted by Crippen LogP contribution is 2.18. The van der Waals surface area contributed by atoms with E-state index in [9.17, 15) is 4.79 Å². The summed E-state index contributed by atoms with van der Waals surface area (Å²) in [6, 6.07) is 21.2. The molecule has 122 valence electrons. The highest BCUT2D eigenvalue weighted by molar-refractivity contribution is 5.99. The van der Waals surface area contributed by atoms with E-state index in [0.29, 0.717) is 28.6 Å². The Bertz CT molecular complexity index is 903. The van der Waals surface area contributed by atoms with E-state index in [1.54, 1.807) is 42.5 Å². The van der Waals surface area contributed by atoms with Crippen molar-refractivity contribution in [2.75, 3.05) is 16.0 Å². The fraction of sp³-hybridized carbons (Fsp3) is 0. The lowest BCUT2D eigenvalue weighted by Crippen LogP contribution is -2.20. The first-order chi connectivity index (χ1) is 12.2. The van der Waals surface area contributed by atoms with Gasteiger partial charge in [0.05, 0.1) is 11.3 Å². The van der Waals surface area contributed by atoms with Gasteiger partial charge in [-0.1, -0.05) is 30.3 Å². The Morgan fingerprint density at radius 3 is 2.24 bits per heavy atom. The minimum Gasteiger partial charge on any atom is -0.338 e. The van der Waals surface area contributed by atoms with Crippen LogP contribution in [0.25, 0.3) is 0 Å². The van der Waals surface area contributed by atoms with Gasteiger partial charge in [-0.2, -0.15) is 5.26 Å². The van der Waals surface area contributed by atoms with Crippen molar-refractivity contribution in [2.45, 2.75) is 0 Å². The monoisotopic (exact) mass is 330 g/mol. The van der Waals surface area contributed by atoms with Gasteiger partial charge in [0.15, 0.2) is 11.6 Å². The van der Waals surface area contributed by atoms with Gasteiger partial charge in [0.2, 0.25) is 0 Å². The number of carbonyl (C=O) groups excluding carboxylic acids is 1. The molecule has 25 heavy (non-hydrogen) atoms. The molecule has 3 rings (SSSR count). The molecule has 0 aliphatic heterocycles. The SMILES string of the molecule is N#Cc1ccccc1Nc1ccc(NC(=O)Nc2ccccc2)nn1. The fourth-order valence-corrected chi connectivity index (χ4v) is 2.09. The van der Waals surface area contributed by atoms with Crippen LogP contribution in [0.15, 0.2) is 66.7 Å². The molecule has 0 aliphatic rings. The van der Waals surface area contributed by atoms with Gasteiger partial charge in [0.1, 0.15) is 6.07 Å². The number of hydrogen-bond acceptors (Lipinski definition) is 5. The maximum Gasteiger partial charge on any atom is 0.324 e. The van der Waals surface area contributed by atoms with Crippen molar-refractivity contribution in [3.05, 3.63) is 72.3 Å². The number of nitrogens with one attached hydrogen (secondary N) is 3. The molecule has 3 N–H and O–H groups in total. The lowest BCUT2D eigenvalue weighted by atomic mass is 10.2. The van der Waals surface area contributed by atoms with E-state index in [1.807, 2.05) is 24.3 Å². The van der Waals surface area contributed by atoms with Gasteiger partial charge >= 0.3 is 6.03 Å². The van der Waals surface area contributed by atoms with Crippen LogP contribution >= 0.6 is 0 Å². The number of nitriles is 1. The van der Waals surface area contributed by atoms with Gasteiger partial charge in [-0.05, 0) is 36.4 Å². The number of benzene rings is 2. The van der Waals surface area contributed by atoms with Crippen LogP contribution < -0.4 is 16.0 Å². The predicted octanol–water partition coefficient (Wildman–Crippen LogP) is 3.74. The molecule has 2 amide bonds. The van der Waals surface area contributed by atoms with Gasteiger partial charge in [0.25, 0.3) is 0 Å². The summed E-state index contributed by atoms with van der Waals surface area (Å²) in [5.74, 6) is 0.782. The maximum absolute atomic E-state index is 11.9. The van der Waals surface area contributed by atoms with E-state index in [4.69, 9.17) is 5.26 Å². The summed E-state index contributed by atoms with van der Waals surface area (Å²) in [4.78, 5) is 11.9. The third-order valence-corrected chi connectivity index (χ3v) is 3.25. The number of amides is 2. The van der Waals surface area contributed by atoms with Gasteiger partial charge in [-0.25, -0.2) is 4.79 Å². The molecule has 0 unspecified atom stereocenters. The molecule has 0 saturated carbocycles. The zero-order valence-corrected chi connectivity index (χ0v) is 13.1. The van der Waals surface area contributed by atoms with Crippen molar-refractivity contribution in [3.8, 4) is 6.07 Å². The summed E-state index contributed by atoms with van der Waals surface area (Å²) in [5.41, 5.74) is 1.83. The Morgan fingerprint density at radius 2 is 1.52 bits per heavy atom. The first kappa shape index (κ1) is 16.0. The van der Waals surface area contributed by atoms with E-state index in [-0.39, 0.29) is 0 Å². The number of anilines is 4. The zero-order chi connectivity index (χ0) is 17.5. The first-order valence-corrected chi connectivity index (χ1v) is 7.47. The average molecular weight is 330 g/mol. The molecule has 0 bridgehead atoms. The summed E-state index contributed by atoms with van der Waals surface area (Å²) in [5, 5.41) is 25.3. The molecule has 0 spiro atoms. The topological polar surface area (TPSA) is 103 Å². The van der Waals surface area contributed by atoms with Crippen LogP contribution in [0, 0.1) is 11.3 Å². The van der Waals surface area contributed by atoms with E-state index in [2.05, 4.69) is 32.2 Å². The highest BCUT2D eigenvalue weighted by Gasteiger charge is 2.06. The standard InChI is InChI=1S/C18H14N6O/c19-12-13-6-4-5-9-15(13)21-16-10-11-17(24-23-16)22-18(25)20-14-7-2-1-3-8-14/h1-11H,(H,21,23)(H2,20,22,24,25). The molecular weight excluding hydrogens is 316 g/mol. The van der Waals surface area contributed by atoms with Crippen molar-refractivity contribution in [3.63, 3.8) is 0 Å². The third kappa shape index (κ3) is 4.30. The number of urea groups is 1. The highest BCUT2D eigenvalue weighted by atomic mass is 16.2. The molecule has 1 heterocycles. The van der Waals surface area contributed by atoms with E-state index in [0.717, 1.165) is 0 Å². The second kappa shape index (κ2) is 7.57. The van der Waals surface area contributed by atoms with Crippen LogP contribution in [0.3, 0.4) is 0 Å². The Kier molecular flexibility index (Phi) is 4.83. The summed E-state index contributed by atoms with van der Waals surface area (Å²) in [6.45, 7) is 0. The molecule has 1 aromatic heterocycles. The maximum atomic E-state index is 11.9. The second-order valence-electron chi connectivity index (χ2n) is 5.03. The summed E-state index contributed by atoms with van der Waals surface area (Å²) < 4.78 is 0. The number of carbonyl (C=O) groups is 1. The summed E-state index contributed by atoms with van der Waals surface area (Å²) in [7, 11) is 0. The second-order valence-corrected chi connectivity index (χ2v) is 5.03. The number of rotatable bonds is 4. The number of nitrogens with zero attached hydrogens (tertiary/aromatic N) is 3. The van der Waals surface area contributed by atoms with Gasteiger partial charge in [-0.15, -0.1) is 10.2 Å². The number of aromatic nitrogens is 2. The molecular formula is C18H14N6O. The third-order valence-electron chi connectivity index (χ3n) is 3.25. The lowest BCUT2D eigenvalue weighted by Gasteiger charge is -2.08. The Morgan fingerprint density at radius 1 is 0.840 bits per heavy atom.